The van der Waals surface area contributed by atoms with E-state index in [0.717, 1.165) is 24.2 Å². The van der Waals surface area contributed by atoms with E-state index in [9.17, 15) is 19.2 Å². The van der Waals surface area contributed by atoms with Gasteiger partial charge in [-0.25, -0.2) is 9.59 Å². The molecular formula is C19H23N3O5. The van der Waals surface area contributed by atoms with Gasteiger partial charge in [-0.1, -0.05) is 19.3 Å². The normalized spacial score (nSPS) is 18.4. The maximum Gasteiger partial charge on any atom is 0.337 e. The predicted molar refractivity (Wildman–Crippen MR) is 97.2 cm³/mol. The molecule has 1 saturated carbocycles. The molecule has 144 valence electrons. The first-order valence-corrected chi connectivity index (χ1v) is 8.99. The Morgan fingerprint density at radius 2 is 1.93 bits per heavy atom. The van der Waals surface area contributed by atoms with E-state index in [1.54, 1.807) is 25.1 Å². The van der Waals surface area contributed by atoms with E-state index < -0.39 is 23.4 Å². The molecule has 8 nitrogen and oxygen atoms in total. The summed E-state index contributed by atoms with van der Waals surface area (Å²) in [6.07, 6.45) is 4.05. The lowest BCUT2D eigenvalue weighted by Crippen LogP contribution is -2.48. The van der Waals surface area contributed by atoms with Crippen molar-refractivity contribution in [2.45, 2.75) is 44.6 Å². The number of esters is 1. The van der Waals surface area contributed by atoms with Crippen LogP contribution in [-0.4, -0.2) is 47.9 Å². The summed E-state index contributed by atoms with van der Waals surface area (Å²) in [6.45, 7) is 1.40. The number of nitrogens with zero attached hydrogens (tertiary/aromatic N) is 1. The topological polar surface area (TPSA) is 105 Å². The summed E-state index contributed by atoms with van der Waals surface area (Å²) in [5.41, 5.74) is 0.717. The highest BCUT2D eigenvalue weighted by atomic mass is 16.5. The summed E-state index contributed by atoms with van der Waals surface area (Å²) in [5, 5.41) is 5.47. The lowest BCUT2D eigenvalue weighted by atomic mass is 9.82. The first-order valence-electron chi connectivity index (χ1n) is 8.99. The third-order valence-electron chi connectivity index (χ3n) is 5.18. The summed E-state index contributed by atoms with van der Waals surface area (Å²) in [6, 6.07) is 4.22. The van der Waals surface area contributed by atoms with Gasteiger partial charge in [-0.15, -0.1) is 0 Å². The van der Waals surface area contributed by atoms with Gasteiger partial charge in [-0.3, -0.25) is 14.5 Å². The highest BCUT2D eigenvalue weighted by Crippen LogP contribution is 2.33. The van der Waals surface area contributed by atoms with Crippen molar-refractivity contribution in [3.63, 3.8) is 0 Å². The molecule has 4 amide bonds. The Balaban J connectivity index is 1.66. The second kappa shape index (κ2) is 7.38. The van der Waals surface area contributed by atoms with Crippen LogP contribution in [0.3, 0.4) is 0 Å². The van der Waals surface area contributed by atoms with E-state index in [1.165, 1.54) is 7.11 Å². The Morgan fingerprint density at radius 1 is 1.22 bits per heavy atom. The molecule has 1 saturated heterocycles. The molecule has 0 atom stereocenters. The number of hydrogen-bond acceptors (Lipinski definition) is 5. The monoisotopic (exact) mass is 373 g/mol. The largest absolute Gasteiger partial charge is 0.465 e. The number of benzene rings is 1. The van der Waals surface area contributed by atoms with Crippen LogP contribution in [0, 0.1) is 6.92 Å². The molecule has 0 radical (unpaired) electrons. The Kier molecular flexibility index (Phi) is 5.16. The van der Waals surface area contributed by atoms with E-state index in [0.29, 0.717) is 29.7 Å². The van der Waals surface area contributed by atoms with Crippen LogP contribution in [0.4, 0.5) is 10.5 Å². The highest BCUT2D eigenvalue weighted by Gasteiger charge is 2.51. The molecule has 1 spiro atoms. The molecule has 0 unspecified atom stereocenters. The number of methoxy groups -OCH3 is 1. The van der Waals surface area contributed by atoms with Crippen LogP contribution in [0.25, 0.3) is 0 Å². The number of aryl methyl sites for hydroxylation is 1. The summed E-state index contributed by atoms with van der Waals surface area (Å²) >= 11 is 0. The van der Waals surface area contributed by atoms with Gasteiger partial charge in [0, 0.05) is 5.69 Å². The van der Waals surface area contributed by atoms with Crippen LogP contribution >= 0.6 is 0 Å². The molecule has 27 heavy (non-hydrogen) atoms. The molecular weight excluding hydrogens is 350 g/mol. The first kappa shape index (κ1) is 18.9. The summed E-state index contributed by atoms with van der Waals surface area (Å²) < 4.78 is 4.66. The first-order chi connectivity index (χ1) is 12.9. The fraction of sp³-hybridized carbons (Fsp3) is 0.474. The molecule has 2 aliphatic rings. The van der Waals surface area contributed by atoms with Crippen molar-refractivity contribution >= 4 is 29.5 Å². The third-order valence-corrected chi connectivity index (χ3v) is 5.18. The number of rotatable bonds is 4. The van der Waals surface area contributed by atoms with E-state index >= 15 is 0 Å². The molecule has 2 N–H and O–H groups in total. The van der Waals surface area contributed by atoms with Crippen molar-refractivity contribution in [1.82, 2.24) is 10.2 Å². The van der Waals surface area contributed by atoms with E-state index in [-0.39, 0.29) is 12.5 Å². The second-order valence-electron chi connectivity index (χ2n) is 7.03. The number of anilines is 1. The number of nitrogens with one attached hydrogen (secondary N) is 2. The Labute approximate surface area is 157 Å². The fourth-order valence-corrected chi connectivity index (χ4v) is 3.70. The van der Waals surface area contributed by atoms with Gasteiger partial charge in [0.1, 0.15) is 12.1 Å². The van der Waals surface area contributed by atoms with Crippen LogP contribution in [0.5, 0.6) is 0 Å². The molecule has 2 fully saturated rings. The molecule has 8 heteroatoms. The van der Waals surface area contributed by atoms with Crippen molar-refractivity contribution in [3.8, 4) is 0 Å². The Morgan fingerprint density at radius 3 is 2.56 bits per heavy atom. The smallest absolute Gasteiger partial charge is 0.337 e. The maximum absolute atomic E-state index is 12.7. The zero-order chi connectivity index (χ0) is 19.6. The SMILES string of the molecule is COC(=O)c1ccc(NC(=O)CN2C(=O)NC3(CCCCC3)C2=O)c(C)c1. The molecule has 0 aromatic heterocycles. The lowest BCUT2D eigenvalue weighted by Gasteiger charge is -2.30. The number of ether oxygens (including phenoxy) is 1. The van der Waals surface area contributed by atoms with Gasteiger partial charge in [-0.2, -0.15) is 0 Å². The van der Waals surface area contributed by atoms with Gasteiger partial charge in [0.05, 0.1) is 12.7 Å². The van der Waals surface area contributed by atoms with Crippen molar-refractivity contribution in [2.24, 2.45) is 0 Å². The van der Waals surface area contributed by atoms with Gasteiger partial charge in [-0.05, 0) is 43.5 Å². The number of urea groups is 1. The average molecular weight is 373 g/mol. The van der Waals surface area contributed by atoms with Crippen molar-refractivity contribution in [3.05, 3.63) is 29.3 Å². The number of carbonyl (C=O) groups excluding carboxylic acids is 4. The van der Waals surface area contributed by atoms with Crippen LogP contribution in [0.1, 0.15) is 48.0 Å². The Hall–Kier alpha value is -2.90. The zero-order valence-corrected chi connectivity index (χ0v) is 15.5. The van der Waals surface area contributed by atoms with Gasteiger partial charge in [0.15, 0.2) is 0 Å². The number of carbonyl (C=O) groups is 4. The van der Waals surface area contributed by atoms with Gasteiger partial charge in [0.2, 0.25) is 5.91 Å². The van der Waals surface area contributed by atoms with Gasteiger partial charge >= 0.3 is 12.0 Å². The van der Waals surface area contributed by atoms with E-state index in [4.69, 9.17) is 0 Å². The molecule has 0 bridgehead atoms. The molecule has 1 aromatic rings. The zero-order valence-electron chi connectivity index (χ0n) is 15.5. The molecule has 1 aliphatic heterocycles. The van der Waals surface area contributed by atoms with E-state index in [1.807, 2.05) is 0 Å². The molecule has 1 aliphatic carbocycles. The number of hydrogen-bond donors (Lipinski definition) is 2. The molecule has 3 rings (SSSR count). The molecule has 1 heterocycles. The van der Waals surface area contributed by atoms with Crippen LogP contribution in [-0.2, 0) is 14.3 Å². The van der Waals surface area contributed by atoms with Crippen LogP contribution < -0.4 is 10.6 Å². The van der Waals surface area contributed by atoms with Crippen molar-refractivity contribution in [2.75, 3.05) is 19.0 Å². The second-order valence-corrected chi connectivity index (χ2v) is 7.03. The summed E-state index contributed by atoms with van der Waals surface area (Å²) in [4.78, 5) is 49.9. The van der Waals surface area contributed by atoms with Gasteiger partial charge in [0.25, 0.3) is 5.91 Å². The number of imide groups is 1. The van der Waals surface area contributed by atoms with E-state index in [2.05, 4.69) is 15.4 Å². The van der Waals surface area contributed by atoms with Crippen molar-refractivity contribution in [1.29, 1.82) is 0 Å². The Bertz CT molecular complexity index is 799. The van der Waals surface area contributed by atoms with Crippen molar-refractivity contribution < 1.29 is 23.9 Å². The summed E-state index contributed by atoms with van der Waals surface area (Å²) in [7, 11) is 1.30. The standard InChI is InChI=1S/C19H23N3O5/c1-12-10-13(16(24)27-2)6-7-14(12)20-15(23)11-22-17(25)19(21-18(22)26)8-4-3-5-9-19/h6-7,10H,3-5,8-9,11H2,1-2H3,(H,20,23)(H,21,26). The van der Waals surface area contributed by atoms with Crippen LogP contribution in [0.2, 0.25) is 0 Å². The predicted octanol–water partition coefficient (Wildman–Crippen LogP) is 1.97. The van der Waals surface area contributed by atoms with Crippen LogP contribution in [0.15, 0.2) is 18.2 Å². The number of amides is 4. The molecule has 1 aromatic carbocycles. The maximum atomic E-state index is 12.7. The third kappa shape index (κ3) is 3.65. The highest BCUT2D eigenvalue weighted by molar-refractivity contribution is 6.10. The minimum absolute atomic E-state index is 0.319. The minimum atomic E-state index is -0.840. The summed E-state index contributed by atoms with van der Waals surface area (Å²) in [5.74, 6) is -1.26. The minimum Gasteiger partial charge on any atom is -0.465 e. The quantitative estimate of drug-likeness (QED) is 0.620. The average Bonchev–Trinajstić information content (AvgIpc) is 2.87. The van der Waals surface area contributed by atoms with Gasteiger partial charge < -0.3 is 15.4 Å². The lowest BCUT2D eigenvalue weighted by molar-refractivity contribution is -0.134. The fourth-order valence-electron chi connectivity index (χ4n) is 3.70.